The molecule has 0 aliphatic heterocycles. The second kappa shape index (κ2) is 8.59. The molecule has 2 rings (SSSR count). The molecule has 11 heteroatoms. The van der Waals surface area contributed by atoms with Crippen LogP contribution in [-0.4, -0.2) is 31.1 Å². The molecule has 0 N–H and O–H groups in total. The fourth-order valence-electron chi connectivity index (χ4n) is 2.43. The Morgan fingerprint density at radius 2 is 1.69 bits per heavy atom. The SMILES string of the molecule is COC(=O)c1cc([N+](=O)[O-])c(O[C@H](C(=O)OC)c2ccccc2)cc1C(F)(F)F. The molecule has 0 unspecified atom stereocenters. The number of alkyl halides is 3. The lowest BCUT2D eigenvalue weighted by molar-refractivity contribution is -0.386. The van der Waals surface area contributed by atoms with Gasteiger partial charge in [-0.25, -0.2) is 9.59 Å². The molecule has 0 saturated carbocycles. The zero-order chi connectivity index (χ0) is 21.8. The number of hydrogen-bond acceptors (Lipinski definition) is 7. The van der Waals surface area contributed by atoms with Gasteiger partial charge in [-0.1, -0.05) is 30.3 Å². The molecule has 0 bridgehead atoms. The third-order valence-corrected chi connectivity index (χ3v) is 3.77. The first-order valence-electron chi connectivity index (χ1n) is 7.87. The van der Waals surface area contributed by atoms with Gasteiger partial charge in [-0.2, -0.15) is 13.2 Å². The average molecular weight is 413 g/mol. The van der Waals surface area contributed by atoms with Crippen molar-refractivity contribution >= 4 is 17.6 Å². The topological polar surface area (TPSA) is 105 Å². The first-order valence-corrected chi connectivity index (χ1v) is 7.87. The Bertz CT molecular complexity index is 929. The quantitative estimate of drug-likeness (QED) is 0.404. The number of carbonyl (C=O) groups is 2. The fraction of sp³-hybridized carbons (Fsp3) is 0.222. The van der Waals surface area contributed by atoms with E-state index in [0.29, 0.717) is 6.07 Å². The van der Waals surface area contributed by atoms with Gasteiger partial charge in [0.15, 0.2) is 5.75 Å². The summed E-state index contributed by atoms with van der Waals surface area (Å²) in [5.74, 6) is -3.27. The second-order valence-electron chi connectivity index (χ2n) is 5.54. The molecule has 0 fully saturated rings. The summed E-state index contributed by atoms with van der Waals surface area (Å²) in [6, 6.07) is 8.22. The zero-order valence-electron chi connectivity index (χ0n) is 15.1. The van der Waals surface area contributed by atoms with Crippen LogP contribution in [0.1, 0.15) is 27.6 Å². The maximum Gasteiger partial charge on any atom is 0.417 e. The van der Waals surface area contributed by atoms with Crippen molar-refractivity contribution in [2.45, 2.75) is 12.3 Å². The lowest BCUT2D eigenvalue weighted by Crippen LogP contribution is -2.21. The molecular weight excluding hydrogens is 399 g/mol. The van der Waals surface area contributed by atoms with Gasteiger partial charge in [0, 0.05) is 17.7 Å². The summed E-state index contributed by atoms with van der Waals surface area (Å²) in [7, 11) is 1.86. The van der Waals surface area contributed by atoms with E-state index in [1.807, 2.05) is 0 Å². The third-order valence-electron chi connectivity index (χ3n) is 3.77. The Labute approximate surface area is 161 Å². The zero-order valence-corrected chi connectivity index (χ0v) is 15.1. The molecule has 29 heavy (non-hydrogen) atoms. The first-order chi connectivity index (χ1) is 13.6. The van der Waals surface area contributed by atoms with Crippen LogP contribution in [0, 0.1) is 10.1 Å². The molecule has 0 aromatic heterocycles. The number of nitro benzene ring substituents is 1. The lowest BCUT2D eigenvalue weighted by atomic mass is 10.0. The smallest absolute Gasteiger partial charge is 0.417 e. The van der Waals surface area contributed by atoms with Crippen LogP contribution in [-0.2, 0) is 20.4 Å². The van der Waals surface area contributed by atoms with Gasteiger partial charge < -0.3 is 14.2 Å². The summed E-state index contributed by atoms with van der Waals surface area (Å²) in [6.07, 6.45) is -6.63. The summed E-state index contributed by atoms with van der Waals surface area (Å²) < 4.78 is 54.4. The minimum absolute atomic E-state index is 0.194. The van der Waals surface area contributed by atoms with Crippen molar-refractivity contribution in [2.75, 3.05) is 14.2 Å². The van der Waals surface area contributed by atoms with Crippen LogP contribution in [0.5, 0.6) is 5.75 Å². The van der Waals surface area contributed by atoms with E-state index in [2.05, 4.69) is 9.47 Å². The molecule has 0 heterocycles. The molecule has 0 aliphatic rings. The molecule has 154 valence electrons. The Hall–Kier alpha value is -3.63. The van der Waals surface area contributed by atoms with Crippen LogP contribution >= 0.6 is 0 Å². The van der Waals surface area contributed by atoms with E-state index in [-0.39, 0.29) is 11.6 Å². The average Bonchev–Trinajstić information content (AvgIpc) is 2.70. The van der Waals surface area contributed by atoms with Crippen molar-refractivity contribution in [3.8, 4) is 5.75 Å². The van der Waals surface area contributed by atoms with Crippen molar-refractivity contribution in [3.05, 3.63) is 69.3 Å². The van der Waals surface area contributed by atoms with Crippen molar-refractivity contribution in [1.82, 2.24) is 0 Å². The van der Waals surface area contributed by atoms with Gasteiger partial charge in [-0.3, -0.25) is 10.1 Å². The number of esters is 2. The van der Waals surface area contributed by atoms with Gasteiger partial charge in [-0.15, -0.1) is 0 Å². The maximum atomic E-state index is 13.4. The van der Waals surface area contributed by atoms with E-state index in [4.69, 9.17) is 4.74 Å². The minimum Gasteiger partial charge on any atom is -0.467 e. The summed E-state index contributed by atoms with van der Waals surface area (Å²) >= 11 is 0. The van der Waals surface area contributed by atoms with E-state index in [9.17, 15) is 32.9 Å². The van der Waals surface area contributed by atoms with Gasteiger partial charge in [0.1, 0.15) is 0 Å². The predicted molar refractivity (Wildman–Crippen MR) is 91.3 cm³/mol. The number of rotatable bonds is 6. The van der Waals surface area contributed by atoms with Crippen LogP contribution in [0.3, 0.4) is 0 Å². The molecule has 2 aromatic carbocycles. The lowest BCUT2D eigenvalue weighted by Gasteiger charge is -2.19. The monoisotopic (exact) mass is 413 g/mol. The van der Waals surface area contributed by atoms with Crippen LogP contribution in [0.15, 0.2) is 42.5 Å². The molecule has 1 atom stereocenters. The standard InChI is InChI=1S/C18H14F3NO7/c1-27-16(23)11-8-13(22(25)26)14(9-12(11)18(19,20)21)29-15(17(24)28-2)10-6-4-3-5-7-10/h3-9,15H,1-2H3/t15-/m0/s1. The summed E-state index contributed by atoms with van der Waals surface area (Å²) in [5, 5.41) is 11.4. The van der Waals surface area contributed by atoms with Gasteiger partial charge >= 0.3 is 23.8 Å². The molecular formula is C18H14F3NO7. The largest absolute Gasteiger partial charge is 0.467 e. The first kappa shape index (κ1) is 21.7. The number of halogens is 3. The number of carbonyl (C=O) groups excluding carboxylic acids is 2. The van der Waals surface area contributed by atoms with Crippen LogP contribution in [0.4, 0.5) is 18.9 Å². The maximum absolute atomic E-state index is 13.4. The normalized spacial score (nSPS) is 12.0. The molecule has 0 saturated heterocycles. The number of ether oxygens (including phenoxy) is 3. The van der Waals surface area contributed by atoms with Crippen LogP contribution in [0.2, 0.25) is 0 Å². The van der Waals surface area contributed by atoms with E-state index >= 15 is 0 Å². The van der Waals surface area contributed by atoms with E-state index < -0.39 is 51.7 Å². The molecule has 0 amide bonds. The minimum atomic E-state index is -5.05. The van der Waals surface area contributed by atoms with E-state index in [1.165, 1.54) is 24.3 Å². The highest BCUT2D eigenvalue weighted by atomic mass is 19.4. The van der Waals surface area contributed by atoms with Crippen molar-refractivity contribution < 1.29 is 41.9 Å². The van der Waals surface area contributed by atoms with Crippen molar-refractivity contribution in [3.63, 3.8) is 0 Å². The van der Waals surface area contributed by atoms with E-state index in [1.54, 1.807) is 6.07 Å². The summed E-state index contributed by atoms with van der Waals surface area (Å²) in [6.45, 7) is 0. The Morgan fingerprint density at radius 3 is 2.17 bits per heavy atom. The molecule has 8 nitrogen and oxygen atoms in total. The van der Waals surface area contributed by atoms with E-state index in [0.717, 1.165) is 14.2 Å². The highest BCUT2D eigenvalue weighted by Gasteiger charge is 2.39. The van der Waals surface area contributed by atoms with Crippen molar-refractivity contribution in [1.29, 1.82) is 0 Å². The molecule has 0 spiro atoms. The third kappa shape index (κ3) is 4.81. The Morgan fingerprint density at radius 1 is 1.07 bits per heavy atom. The van der Waals surface area contributed by atoms with Gasteiger partial charge in [0.05, 0.1) is 30.3 Å². The number of methoxy groups -OCH3 is 2. The van der Waals surface area contributed by atoms with Gasteiger partial charge in [0.2, 0.25) is 6.10 Å². The van der Waals surface area contributed by atoms with Gasteiger partial charge in [0.25, 0.3) is 0 Å². The summed E-state index contributed by atoms with van der Waals surface area (Å²) in [5.41, 5.74) is -3.34. The van der Waals surface area contributed by atoms with Crippen LogP contribution < -0.4 is 4.74 Å². The molecule has 0 radical (unpaired) electrons. The molecule has 2 aromatic rings. The Kier molecular flexibility index (Phi) is 6.42. The Balaban J connectivity index is 2.67. The second-order valence-corrected chi connectivity index (χ2v) is 5.54. The van der Waals surface area contributed by atoms with Gasteiger partial charge in [-0.05, 0) is 0 Å². The predicted octanol–water partition coefficient (Wildman–Crippen LogP) is 3.69. The highest BCUT2D eigenvalue weighted by molar-refractivity contribution is 5.92. The highest BCUT2D eigenvalue weighted by Crippen LogP contribution is 2.41. The van der Waals surface area contributed by atoms with Crippen molar-refractivity contribution in [2.24, 2.45) is 0 Å². The fourth-order valence-corrected chi connectivity index (χ4v) is 2.43. The number of nitro groups is 1. The summed E-state index contributed by atoms with van der Waals surface area (Å²) in [4.78, 5) is 34.1. The number of nitrogens with zero attached hydrogens (tertiary/aromatic N) is 1. The number of hydrogen-bond donors (Lipinski definition) is 0. The number of benzene rings is 2. The van der Waals surface area contributed by atoms with Crippen LogP contribution in [0.25, 0.3) is 0 Å². The molecule has 0 aliphatic carbocycles.